The SMILES string of the molecule is Cc1c(-c2cc(O)cc3cccc(C#Cc4cocn4)c23)oc(=O)c2c(N3CCC[C@@](C)(O)C3)nc(OC[C@@]34CCCN3C[C@H](F)C4)nc12. The Morgan fingerprint density at radius 3 is 2.82 bits per heavy atom. The summed E-state index contributed by atoms with van der Waals surface area (Å²) in [4.78, 5) is 31.7. The number of anilines is 1. The van der Waals surface area contributed by atoms with E-state index in [4.69, 9.17) is 23.5 Å². The van der Waals surface area contributed by atoms with Crippen LogP contribution in [0.5, 0.6) is 11.8 Å². The van der Waals surface area contributed by atoms with E-state index in [1.165, 1.54) is 12.7 Å². The van der Waals surface area contributed by atoms with Crippen LogP contribution in [0.25, 0.3) is 33.0 Å². The molecule has 2 N–H and O–H groups in total. The van der Waals surface area contributed by atoms with Crippen molar-refractivity contribution in [3.63, 3.8) is 0 Å². The molecular formula is C37H36FN5O6. The summed E-state index contributed by atoms with van der Waals surface area (Å²) in [6.07, 6.45) is 5.33. The zero-order valence-electron chi connectivity index (χ0n) is 27.3. The molecule has 6 heterocycles. The lowest BCUT2D eigenvalue weighted by atomic mass is 9.94. The van der Waals surface area contributed by atoms with E-state index in [9.17, 15) is 19.4 Å². The van der Waals surface area contributed by atoms with E-state index in [1.54, 1.807) is 26.0 Å². The quantitative estimate of drug-likeness (QED) is 0.242. The van der Waals surface area contributed by atoms with Gasteiger partial charge in [0.25, 0.3) is 0 Å². The van der Waals surface area contributed by atoms with E-state index in [2.05, 4.69) is 21.7 Å². The summed E-state index contributed by atoms with van der Waals surface area (Å²) in [5.41, 5.74) is 0.328. The molecule has 3 saturated heterocycles. The fourth-order valence-corrected chi connectivity index (χ4v) is 7.92. The van der Waals surface area contributed by atoms with Gasteiger partial charge in [0.15, 0.2) is 17.9 Å². The van der Waals surface area contributed by atoms with Crippen molar-refractivity contribution in [2.75, 3.05) is 37.7 Å². The Hall–Kier alpha value is -4.99. The van der Waals surface area contributed by atoms with Crippen molar-refractivity contribution >= 4 is 27.5 Å². The molecule has 0 amide bonds. The van der Waals surface area contributed by atoms with Crippen LogP contribution in [0, 0.1) is 18.8 Å². The normalized spacial score (nSPS) is 23.9. The second-order valence-electron chi connectivity index (χ2n) is 13.8. The first-order chi connectivity index (χ1) is 23.6. The number of phenolic OH excluding ortho intramolecular Hbond substituents is 1. The summed E-state index contributed by atoms with van der Waals surface area (Å²) in [5, 5.41) is 23.3. The first-order valence-corrected chi connectivity index (χ1v) is 16.6. The Morgan fingerprint density at radius 1 is 1.14 bits per heavy atom. The Labute approximate surface area is 281 Å². The van der Waals surface area contributed by atoms with Gasteiger partial charge in [-0.15, -0.1) is 0 Å². The maximum atomic E-state index is 14.6. The first-order valence-electron chi connectivity index (χ1n) is 16.6. The third-order valence-corrected chi connectivity index (χ3v) is 10.1. The summed E-state index contributed by atoms with van der Waals surface area (Å²) in [6.45, 7) is 5.82. The molecule has 0 radical (unpaired) electrons. The highest BCUT2D eigenvalue weighted by atomic mass is 19.1. The number of rotatable bonds is 5. The van der Waals surface area contributed by atoms with Crippen molar-refractivity contribution in [1.29, 1.82) is 0 Å². The van der Waals surface area contributed by atoms with E-state index >= 15 is 0 Å². The number of benzene rings is 2. The number of piperidine rings is 1. The van der Waals surface area contributed by atoms with E-state index < -0.39 is 22.9 Å². The van der Waals surface area contributed by atoms with Gasteiger partial charge in [0, 0.05) is 48.1 Å². The second-order valence-corrected chi connectivity index (χ2v) is 13.8. The van der Waals surface area contributed by atoms with Crippen LogP contribution in [0.15, 0.2) is 56.6 Å². The Balaban J connectivity index is 1.30. The van der Waals surface area contributed by atoms with Crippen LogP contribution in [-0.2, 0) is 0 Å². The number of ether oxygens (including phenoxy) is 1. The van der Waals surface area contributed by atoms with Crippen LogP contribution in [0.3, 0.4) is 0 Å². The minimum atomic E-state index is -0.987. The van der Waals surface area contributed by atoms with Crippen molar-refractivity contribution in [2.45, 2.75) is 63.3 Å². The van der Waals surface area contributed by atoms with Crippen molar-refractivity contribution < 1.29 is 28.2 Å². The summed E-state index contributed by atoms with van der Waals surface area (Å²) >= 11 is 0. The number of alkyl halides is 1. The van der Waals surface area contributed by atoms with Crippen LogP contribution < -0.4 is 15.3 Å². The van der Waals surface area contributed by atoms with E-state index in [1.807, 2.05) is 23.1 Å². The first kappa shape index (κ1) is 31.3. The predicted molar refractivity (Wildman–Crippen MR) is 181 cm³/mol. The second kappa shape index (κ2) is 11.9. The van der Waals surface area contributed by atoms with Gasteiger partial charge in [-0.3, -0.25) is 4.90 Å². The fourth-order valence-electron chi connectivity index (χ4n) is 7.92. The third-order valence-electron chi connectivity index (χ3n) is 10.1. The molecule has 49 heavy (non-hydrogen) atoms. The predicted octanol–water partition coefficient (Wildman–Crippen LogP) is 5.11. The lowest BCUT2D eigenvalue weighted by Crippen LogP contribution is -2.47. The number of halogens is 1. The minimum Gasteiger partial charge on any atom is -0.508 e. The Morgan fingerprint density at radius 2 is 2.00 bits per heavy atom. The lowest BCUT2D eigenvalue weighted by Gasteiger charge is -2.37. The Bertz CT molecular complexity index is 2210. The third kappa shape index (κ3) is 5.66. The number of oxazole rings is 1. The number of phenols is 1. The smallest absolute Gasteiger partial charge is 0.349 e. The summed E-state index contributed by atoms with van der Waals surface area (Å²) in [5.74, 6) is 6.66. The number of aromatic nitrogens is 3. The summed E-state index contributed by atoms with van der Waals surface area (Å²) in [7, 11) is 0. The number of aliphatic hydroxyl groups is 1. The van der Waals surface area contributed by atoms with Gasteiger partial charge in [-0.05, 0) is 75.6 Å². The number of aromatic hydroxyl groups is 1. The molecule has 0 bridgehead atoms. The van der Waals surface area contributed by atoms with Crippen molar-refractivity contribution in [1.82, 2.24) is 19.9 Å². The molecule has 8 rings (SSSR count). The number of hydrogen-bond acceptors (Lipinski definition) is 11. The largest absolute Gasteiger partial charge is 0.508 e. The average Bonchev–Trinajstić information content (AvgIpc) is 3.80. The molecule has 3 fully saturated rings. The average molecular weight is 666 g/mol. The van der Waals surface area contributed by atoms with Gasteiger partial charge < -0.3 is 28.7 Å². The van der Waals surface area contributed by atoms with Gasteiger partial charge in [0.1, 0.15) is 35.9 Å². The van der Waals surface area contributed by atoms with Gasteiger partial charge in [-0.25, -0.2) is 14.2 Å². The van der Waals surface area contributed by atoms with Gasteiger partial charge in [0.05, 0.1) is 16.7 Å². The minimum absolute atomic E-state index is 0.0164. The molecule has 11 nitrogen and oxygen atoms in total. The topological polar surface area (TPSA) is 138 Å². The molecule has 3 aromatic heterocycles. The number of β-amino-alcohol motifs (C(OH)–C–C–N with tert-alkyl or cyclic N) is 1. The lowest BCUT2D eigenvalue weighted by molar-refractivity contribution is 0.0447. The van der Waals surface area contributed by atoms with Crippen LogP contribution in [-0.4, -0.2) is 80.2 Å². The van der Waals surface area contributed by atoms with Crippen molar-refractivity contribution in [3.8, 4) is 34.9 Å². The molecule has 0 unspecified atom stereocenters. The van der Waals surface area contributed by atoms with E-state index in [0.29, 0.717) is 76.8 Å². The molecular weight excluding hydrogens is 629 g/mol. The van der Waals surface area contributed by atoms with Crippen LogP contribution in [0.2, 0.25) is 0 Å². The fraction of sp³-hybridized carbons (Fsp3) is 0.405. The van der Waals surface area contributed by atoms with Gasteiger partial charge in [-0.1, -0.05) is 18.1 Å². The van der Waals surface area contributed by atoms with E-state index in [0.717, 1.165) is 19.4 Å². The molecule has 0 saturated carbocycles. The zero-order chi connectivity index (χ0) is 33.9. The number of hydrogen-bond donors (Lipinski definition) is 2. The molecule has 0 spiro atoms. The molecule has 5 aromatic rings. The maximum Gasteiger partial charge on any atom is 0.349 e. The standard InChI is InChI=1S/C37H36FN5O6/c1-22-31-30(34(45)49-32(22)28-15-27(44)14-24-7-3-6-23(29(24)28)8-9-26-18-47-21-39-26)33(42-12-4-10-36(2,46)19-42)41-35(40-31)48-20-37-11-5-13-43(37)17-25(38)16-37/h3,6-7,14-15,18,21,25,44,46H,4-5,10-13,16-17,19-20H2,1-2H3/t25-,36-,37+/m1/s1. The molecule has 3 atom stereocenters. The number of aryl methyl sites for hydroxylation is 1. The number of fused-ring (bicyclic) bond motifs is 3. The molecule has 12 heteroatoms. The van der Waals surface area contributed by atoms with Crippen LogP contribution >= 0.6 is 0 Å². The van der Waals surface area contributed by atoms with Gasteiger partial charge >= 0.3 is 11.6 Å². The van der Waals surface area contributed by atoms with E-state index in [-0.39, 0.29) is 36.1 Å². The number of nitrogens with zero attached hydrogens (tertiary/aromatic N) is 5. The zero-order valence-corrected chi connectivity index (χ0v) is 27.3. The molecule has 0 aliphatic carbocycles. The molecule has 3 aliphatic rings. The van der Waals surface area contributed by atoms with Gasteiger partial charge in [-0.2, -0.15) is 9.97 Å². The van der Waals surface area contributed by atoms with Crippen molar-refractivity contribution in [2.24, 2.45) is 0 Å². The highest BCUT2D eigenvalue weighted by Gasteiger charge is 2.49. The summed E-state index contributed by atoms with van der Waals surface area (Å²) in [6, 6.07) is 8.76. The van der Waals surface area contributed by atoms with Crippen molar-refractivity contribution in [3.05, 3.63) is 70.2 Å². The highest BCUT2D eigenvalue weighted by Crippen LogP contribution is 2.42. The maximum absolute atomic E-state index is 14.6. The Kier molecular flexibility index (Phi) is 7.57. The molecule has 3 aliphatic heterocycles. The molecule has 252 valence electrons. The van der Waals surface area contributed by atoms with Crippen LogP contribution in [0.1, 0.15) is 55.8 Å². The summed E-state index contributed by atoms with van der Waals surface area (Å²) < 4.78 is 32.1. The van der Waals surface area contributed by atoms with Crippen LogP contribution in [0.4, 0.5) is 10.2 Å². The van der Waals surface area contributed by atoms with Gasteiger partial charge in [0.2, 0.25) is 0 Å². The molecule has 2 aromatic carbocycles. The highest BCUT2D eigenvalue weighted by molar-refractivity contribution is 6.03. The monoisotopic (exact) mass is 665 g/mol.